The van der Waals surface area contributed by atoms with Crippen LogP contribution in [0.15, 0.2) is 34.9 Å². The van der Waals surface area contributed by atoms with Gasteiger partial charge in [0.1, 0.15) is 5.78 Å². The molecule has 0 aliphatic heterocycles. The average Bonchev–Trinajstić information content (AvgIpc) is 2.76. The van der Waals surface area contributed by atoms with Crippen molar-refractivity contribution in [2.24, 2.45) is 33.5 Å². The van der Waals surface area contributed by atoms with Crippen molar-refractivity contribution < 1.29 is 19.1 Å². The van der Waals surface area contributed by atoms with Crippen LogP contribution >= 0.6 is 0 Å². The highest BCUT2D eigenvalue weighted by Crippen LogP contribution is 2.74. The SMILES string of the molecule is CO[C@@]1(C)C(=O)C(=O)C=C2C1=CC=C1[C@@]2(C)CC[C@@]2(C)[C@@H]3C[C@@H](C)C(=O)C[C@]3(C)CC[C@]12C. The zero-order valence-corrected chi connectivity index (χ0v) is 21.3. The van der Waals surface area contributed by atoms with E-state index in [1.54, 1.807) is 13.0 Å². The van der Waals surface area contributed by atoms with Crippen molar-refractivity contribution in [3.63, 3.8) is 0 Å². The van der Waals surface area contributed by atoms with Crippen LogP contribution in [0.5, 0.6) is 0 Å². The number of rotatable bonds is 1. The molecule has 0 aromatic carbocycles. The molecule has 3 fully saturated rings. The summed E-state index contributed by atoms with van der Waals surface area (Å²) in [6.07, 6.45) is 11.7. The van der Waals surface area contributed by atoms with Crippen molar-refractivity contribution in [1.29, 1.82) is 0 Å². The van der Waals surface area contributed by atoms with Crippen molar-refractivity contribution in [1.82, 2.24) is 0 Å². The highest BCUT2D eigenvalue weighted by Gasteiger charge is 2.67. The fraction of sp³-hybridized carbons (Fsp3) is 0.690. The summed E-state index contributed by atoms with van der Waals surface area (Å²) in [4.78, 5) is 38.2. The number of hydrogen-bond donors (Lipinski definition) is 0. The second kappa shape index (κ2) is 6.65. The number of fused-ring (bicyclic) bond motifs is 7. The topological polar surface area (TPSA) is 60.4 Å². The molecule has 5 rings (SSSR count). The molecule has 0 radical (unpaired) electrons. The van der Waals surface area contributed by atoms with Crippen LogP contribution in [-0.4, -0.2) is 30.1 Å². The van der Waals surface area contributed by atoms with E-state index in [0.717, 1.165) is 43.3 Å². The Kier molecular flexibility index (Phi) is 4.63. The van der Waals surface area contributed by atoms with E-state index in [1.807, 2.05) is 0 Å². The van der Waals surface area contributed by atoms with Crippen LogP contribution < -0.4 is 0 Å². The predicted octanol–water partition coefficient (Wildman–Crippen LogP) is 5.56. The molecule has 4 nitrogen and oxygen atoms in total. The summed E-state index contributed by atoms with van der Waals surface area (Å²) in [5, 5.41) is 0. The van der Waals surface area contributed by atoms with Gasteiger partial charge in [-0.1, -0.05) is 52.3 Å². The van der Waals surface area contributed by atoms with E-state index in [0.29, 0.717) is 18.1 Å². The minimum absolute atomic E-state index is 0.0267. The Hall–Kier alpha value is -1.81. The van der Waals surface area contributed by atoms with Crippen molar-refractivity contribution in [3.8, 4) is 0 Å². The predicted molar refractivity (Wildman–Crippen MR) is 127 cm³/mol. The van der Waals surface area contributed by atoms with Crippen molar-refractivity contribution >= 4 is 17.3 Å². The van der Waals surface area contributed by atoms with E-state index in [1.165, 1.54) is 12.7 Å². The number of ketones is 3. The molecule has 0 aromatic rings. The molecule has 0 bridgehead atoms. The minimum Gasteiger partial charge on any atom is -0.365 e. The van der Waals surface area contributed by atoms with Crippen LogP contribution in [0.1, 0.15) is 80.1 Å². The van der Waals surface area contributed by atoms with Crippen molar-refractivity contribution in [3.05, 3.63) is 34.9 Å². The largest absolute Gasteiger partial charge is 0.365 e. The Morgan fingerprint density at radius 1 is 0.909 bits per heavy atom. The first-order chi connectivity index (χ1) is 15.3. The van der Waals surface area contributed by atoms with Crippen LogP contribution in [0.3, 0.4) is 0 Å². The van der Waals surface area contributed by atoms with Gasteiger partial charge in [0.05, 0.1) is 0 Å². The summed E-state index contributed by atoms with van der Waals surface area (Å²) in [7, 11) is 1.52. The number of hydrogen-bond acceptors (Lipinski definition) is 4. The third-order valence-corrected chi connectivity index (χ3v) is 11.3. The summed E-state index contributed by atoms with van der Waals surface area (Å²) in [5.74, 6) is 0.125. The number of methoxy groups -OCH3 is 1. The van der Waals surface area contributed by atoms with Gasteiger partial charge >= 0.3 is 0 Å². The molecule has 5 aliphatic carbocycles. The molecule has 5 aliphatic rings. The molecule has 178 valence electrons. The Morgan fingerprint density at radius 3 is 2.27 bits per heavy atom. The summed E-state index contributed by atoms with van der Waals surface area (Å²) < 4.78 is 5.67. The first-order valence-electron chi connectivity index (χ1n) is 12.6. The second-order valence-corrected chi connectivity index (χ2v) is 12.7. The van der Waals surface area contributed by atoms with Gasteiger partial charge in [0.2, 0.25) is 11.6 Å². The lowest BCUT2D eigenvalue weighted by Crippen LogP contribution is -2.62. The van der Waals surface area contributed by atoms with Crippen LogP contribution in [0.2, 0.25) is 0 Å². The van der Waals surface area contributed by atoms with Gasteiger partial charge in [-0.05, 0) is 78.4 Å². The normalized spacial score (nSPS) is 49.2. The van der Waals surface area contributed by atoms with Gasteiger partial charge in [-0.3, -0.25) is 14.4 Å². The van der Waals surface area contributed by atoms with Crippen molar-refractivity contribution in [2.45, 2.75) is 85.7 Å². The first-order valence-corrected chi connectivity index (χ1v) is 12.6. The molecule has 0 aromatic heterocycles. The molecule has 33 heavy (non-hydrogen) atoms. The van der Waals surface area contributed by atoms with Crippen LogP contribution in [0.4, 0.5) is 0 Å². The highest BCUT2D eigenvalue weighted by atomic mass is 16.5. The number of carbonyl (C=O) groups is 3. The quantitative estimate of drug-likeness (QED) is 0.491. The third-order valence-electron chi connectivity index (χ3n) is 11.3. The number of ether oxygens (including phenoxy) is 1. The number of Topliss-reactive ketones (excluding diaryl/α,β-unsaturated/α-hetero) is 2. The lowest BCUT2D eigenvalue weighted by molar-refractivity contribution is -0.162. The molecule has 3 saturated carbocycles. The summed E-state index contributed by atoms with van der Waals surface area (Å²) in [6.45, 7) is 13.4. The fourth-order valence-corrected chi connectivity index (χ4v) is 8.72. The molecule has 0 N–H and O–H groups in total. The van der Waals surface area contributed by atoms with E-state index in [2.05, 4.69) is 46.8 Å². The monoisotopic (exact) mass is 450 g/mol. The lowest BCUT2D eigenvalue weighted by atomic mass is 9.35. The standard InChI is InChI=1S/C29H38O4/c1-17-14-23-25(2,16-21(17)31)10-12-27(4)22-9-8-18-19(26(22,3)11-13-28(23,27)5)15-20(30)24(32)29(18,6)33-7/h8-9,15,17,23H,10-14,16H2,1-7H3/t17-,23-,25+,26+,27-,28+,29-/m1/s1. The van der Waals surface area contributed by atoms with Crippen LogP contribution in [0, 0.1) is 33.5 Å². The Balaban J connectivity index is 1.66. The van der Waals surface area contributed by atoms with Crippen LogP contribution in [-0.2, 0) is 19.1 Å². The van der Waals surface area contributed by atoms with E-state index < -0.39 is 17.2 Å². The molecule has 0 amide bonds. The summed E-state index contributed by atoms with van der Waals surface area (Å²) in [6, 6.07) is 0. The number of carbonyl (C=O) groups excluding carboxylic acids is 3. The van der Waals surface area contributed by atoms with E-state index in [-0.39, 0.29) is 27.6 Å². The summed E-state index contributed by atoms with van der Waals surface area (Å²) >= 11 is 0. The maximum Gasteiger partial charge on any atom is 0.238 e. The minimum atomic E-state index is -1.22. The van der Waals surface area contributed by atoms with Gasteiger partial charge in [-0.15, -0.1) is 0 Å². The van der Waals surface area contributed by atoms with E-state index >= 15 is 0 Å². The van der Waals surface area contributed by atoms with E-state index in [4.69, 9.17) is 4.74 Å². The zero-order valence-electron chi connectivity index (χ0n) is 21.3. The zero-order chi connectivity index (χ0) is 24.2. The molecular weight excluding hydrogens is 412 g/mol. The fourth-order valence-electron chi connectivity index (χ4n) is 8.72. The Labute approximate surface area is 197 Å². The van der Waals surface area contributed by atoms with E-state index in [9.17, 15) is 14.4 Å². The Morgan fingerprint density at radius 2 is 1.61 bits per heavy atom. The van der Waals surface area contributed by atoms with Gasteiger partial charge in [0.15, 0.2) is 5.60 Å². The summed E-state index contributed by atoms with van der Waals surface area (Å²) in [5.41, 5.74) is 1.82. The van der Waals surface area contributed by atoms with Gasteiger partial charge < -0.3 is 4.74 Å². The van der Waals surface area contributed by atoms with Gasteiger partial charge in [0.25, 0.3) is 0 Å². The lowest BCUT2D eigenvalue weighted by Gasteiger charge is -2.69. The average molecular weight is 451 g/mol. The van der Waals surface area contributed by atoms with Crippen LogP contribution in [0.25, 0.3) is 0 Å². The smallest absolute Gasteiger partial charge is 0.238 e. The molecule has 0 saturated heterocycles. The Bertz CT molecular complexity index is 1080. The number of allylic oxidation sites excluding steroid dienone is 4. The molecule has 0 unspecified atom stereocenters. The maximum absolute atomic E-state index is 12.8. The third kappa shape index (κ3) is 2.59. The highest BCUT2D eigenvalue weighted by molar-refractivity contribution is 6.46. The van der Waals surface area contributed by atoms with Gasteiger partial charge in [-0.2, -0.15) is 0 Å². The molecule has 0 heterocycles. The molecular formula is C29H38O4. The maximum atomic E-state index is 12.8. The second-order valence-electron chi connectivity index (χ2n) is 12.7. The molecule has 7 atom stereocenters. The molecule has 0 spiro atoms. The first kappa shape index (κ1) is 23.0. The van der Waals surface area contributed by atoms with Crippen molar-refractivity contribution in [2.75, 3.05) is 7.11 Å². The van der Waals surface area contributed by atoms with Gasteiger partial charge in [-0.25, -0.2) is 0 Å². The molecule has 4 heteroatoms. The van der Waals surface area contributed by atoms with Gasteiger partial charge in [0, 0.05) is 24.9 Å².